The molecule has 3 nitrogen and oxygen atoms in total. The van der Waals surface area contributed by atoms with Crippen molar-refractivity contribution < 1.29 is 4.79 Å². The van der Waals surface area contributed by atoms with Crippen LogP contribution in [0.3, 0.4) is 0 Å². The maximum Gasteiger partial charge on any atom is 0.317 e. The van der Waals surface area contributed by atoms with Crippen molar-refractivity contribution in [3.05, 3.63) is 0 Å². The van der Waals surface area contributed by atoms with Gasteiger partial charge in [-0.1, -0.05) is 26.7 Å². The molecule has 0 radical (unpaired) electrons. The molecule has 1 saturated heterocycles. The number of urea groups is 1. The van der Waals surface area contributed by atoms with Crippen LogP contribution in [0, 0.1) is 17.8 Å². The SMILES string of the molecule is C[C@@H]1CC[C@H](NC(=O)N2CC[C@@H]3CCCC[C@H]32)[C@@H](C)C1. The van der Waals surface area contributed by atoms with Gasteiger partial charge < -0.3 is 10.2 Å². The maximum absolute atomic E-state index is 12.6. The zero-order valence-corrected chi connectivity index (χ0v) is 13.1. The van der Waals surface area contributed by atoms with Crippen molar-refractivity contribution in [3.63, 3.8) is 0 Å². The van der Waals surface area contributed by atoms with Crippen molar-refractivity contribution in [1.82, 2.24) is 10.2 Å². The molecule has 3 fully saturated rings. The Hall–Kier alpha value is -0.730. The van der Waals surface area contributed by atoms with Crippen molar-refractivity contribution in [2.45, 2.75) is 77.3 Å². The lowest BCUT2D eigenvalue weighted by Gasteiger charge is -2.36. The minimum atomic E-state index is 0.228. The van der Waals surface area contributed by atoms with E-state index in [0.29, 0.717) is 18.0 Å². The highest BCUT2D eigenvalue weighted by Crippen LogP contribution is 2.36. The van der Waals surface area contributed by atoms with Crippen LogP contribution in [0.1, 0.15) is 65.2 Å². The highest BCUT2D eigenvalue weighted by Gasteiger charge is 2.39. The van der Waals surface area contributed by atoms with E-state index < -0.39 is 0 Å². The molecule has 2 amide bonds. The van der Waals surface area contributed by atoms with Crippen LogP contribution in [0.2, 0.25) is 0 Å². The summed E-state index contributed by atoms with van der Waals surface area (Å²) in [5.74, 6) is 2.25. The van der Waals surface area contributed by atoms with E-state index in [4.69, 9.17) is 0 Å². The second kappa shape index (κ2) is 5.95. The summed E-state index contributed by atoms with van der Waals surface area (Å²) in [6.07, 6.45) is 10.2. The predicted molar refractivity (Wildman–Crippen MR) is 81.6 cm³/mol. The van der Waals surface area contributed by atoms with Crippen LogP contribution >= 0.6 is 0 Å². The van der Waals surface area contributed by atoms with Crippen LogP contribution in [0.4, 0.5) is 4.79 Å². The average molecular weight is 278 g/mol. The normalized spacial score (nSPS) is 41.3. The summed E-state index contributed by atoms with van der Waals surface area (Å²) < 4.78 is 0. The highest BCUT2D eigenvalue weighted by atomic mass is 16.2. The third-order valence-electron chi connectivity index (χ3n) is 6.01. The first-order chi connectivity index (χ1) is 9.65. The summed E-state index contributed by atoms with van der Waals surface area (Å²) in [6.45, 7) is 5.62. The number of amides is 2. The molecule has 1 N–H and O–H groups in total. The van der Waals surface area contributed by atoms with Crippen molar-refractivity contribution in [2.75, 3.05) is 6.54 Å². The summed E-state index contributed by atoms with van der Waals surface area (Å²) in [7, 11) is 0. The number of nitrogens with one attached hydrogen (secondary N) is 1. The predicted octanol–water partition coefficient (Wildman–Crippen LogP) is 3.79. The number of carbonyl (C=O) groups is 1. The molecule has 0 spiro atoms. The number of nitrogens with zero attached hydrogens (tertiary/aromatic N) is 1. The van der Waals surface area contributed by atoms with Crippen molar-refractivity contribution >= 4 is 6.03 Å². The second-order valence-corrected chi connectivity index (χ2v) is 7.55. The van der Waals surface area contributed by atoms with Crippen LogP contribution in [0.25, 0.3) is 0 Å². The van der Waals surface area contributed by atoms with Crippen LogP contribution in [-0.2, 0) is 0 Å². The fraction of sp³-hybridized carbons (Fsp3) is 0.941. The molecule has 3 aliphatic rings. The Bertz CT molecular complexity index is 357. The molecule has 1 heterocycles. The van der Waals surface area contributed by atoms with E-state index in [-0.39, 0.29) is 6.03 Å². The van der Waals surface area contributed by atoms with Gasteiger partial charge in [-0.15, -0.1) is 0 Å². The summed E-state index contributed by atoms with van der Waals surface area (Å²) in [4.78, 5) is 14.8. The molecule has 0 bridgehead atoms. The van der Waals surface area contributed by atoms with Gasteiger partial charge in [-0.25, -0.2) is 4.79 Å². The van der Waals surface area contributed by atoms with E-state index in [1.165, 1.54) is 44.9 Å². The Morgan fingerprint density at radius 3 is 2.65 bits per heavy atom. The van der Waals surface area contributed by atoms with Crippen LogP contribution in [0.5, 0.6) is 0 Å². The number of rotatable bonds is 1. The van der Waals surface area contributed by atoms with Gasteiger partial charge in [-0.2, -0.15) is 0 Å². The first-order valence-electron chi connectivity index (χ1n) is 8.72. The number of carbonyl (C=O) groups excluding carboxylic acids is 1. The molecule has 20 heavy (non-hydrogen) atoms. The largest absolute Gasteiger partial charge is 0.335 e. The van der Waals surface area contributed by atoms with Crippen molar-refractivity contribution in [3.8, 4) is 0 Å². The van der Waals surface area contributed by atoms with Crippen molar-refractivity contribution in [2.24, 2.45) is 17.8 Å². The molecule has 2 saturated carbocycles. The lowest BCUT2D eigenvalue weighted by molar-refractivity contribution is 0.154. The minimum Gasteiger partial charge on any atom is -0.335 e. The van der Waals surface area contributed by atoms with E-state index >= 15 is 0 Å². The smallest absolute Gasteiger partial charge is 0.317 e. The Labute approximate surface area is 123 Å². The van der Waals surface area contributed by atoms with Gasteiger partial charge in [0.25, 0.3) is 0 Å². The minimum absolute atomic E-state index is 0.228. The number of fused-ring (bicyclic) bond motifs is 1. The average Bonchev–Trinajstić information content (AvgIpc) is 2.86. The van der Waals surface area contributed by atoms with Crippen molar-refractivity contribution in [1.29, 1.82) is 0 Å². The highest BCUT2D eigenvalue weighted by molar-refractivity contribution is 5.75. The second-order valence-electron chi connectivity index (χ2n) is 7.55. The molecule has 3 heteroatoms. The molecule has 5 atom stereocenters. The van der Waals surface area contributed by atoms with E-state index in [9.17, 15) is 4.79 Å². The lowest BCUT2D eigenvalue weighted by Crippen LogP contribution is -2.51. The summed E-state index contributed by atoms with van der Waals surface area (Å²) in [5.41, 5.74) is 0. The van der Waals surface area contributed by atoms with Gasteiger partial charge in [0.1, 0.15) is 0 Å². The molecule has 0 aromatic carbocycles. The number of hydrogen-bond acceptors (Lipinski definition) is 1. The fourth-order valence-corrected chi connectivity index (χ4v) is 4.78. The quantitative estimate of drug-likeness (QED) is 0.777. The van der Waals surface area contributed by atoms with Gasteiger partial charge in [-0.05, 0) is 56.3 Å². The fourth-order valence-electron chi connectivity index (χ4n) is 4.78. The van der Waals surface area contributed by atoms with Gasteiger partial charge in [0, 0.05) is 18.6 Å². The zero-order chi connectivity index (χ0) is 14.1. The summed E-state index contributed by atoms with van der Waals surface area (Å²) >= 11 is 0. The Balaban J connectivity index is 1.56. The molecular weight excluding hydrogens is 248 g/mol. The molecular formula is C17H30N2O. The van der Waals surface area contributed by atoms with Gasteiger partial charge in [0.15, 0.2) is 0 Å². The number of hydrogen-bond donors (Lipinski definition) is 1. The summed E-state index contributed by atoms with van der Waals surface area (Å²) in [5, 5.41) is 3.35. The topological polar surface area (TPSA) is 32.3 Å². The lowest BCUT2D eigenvalue weighted by atomic mass is 9.80. The molecule has 1 aliphatic heterocycles. The molecule has 0 unspecified atom stereocenters. The standard InChI is InChI=1S/C17H30N2O/c1-12-7-8-15(13(2)11-12)18-17(20)19-10-9-14-5-3-4-6-16(14)19/h12-16H,3-11H2,1-2H3,(H,18,20)/t12-,13+,14+,15+,16-/m1/s1. The summed E-state index contributed by atoms with van der Waals surface area (Å²) in [6, 6.07) is 1.17. The Kier molecular flexibility index (Phi) is 4.23. The van der Waals surface area contributed by atoms with E-state index in [1.807, 2.05) is 0 Å². The van der Waals surface area contributed by atoms with Crippen LogP contribution in [0.15, 0.2) is 0 Å². The van der Waals surface area contributed by atoms with Crippen LogP contribution in [-0.4, -0.2) is 29.6 Å². The Morgan fingerprint density at radius 1 is 1.05 bits per heavy atom. The van der Waals surface area contributed by atoms with E-state index in [0.717, 1.165) is 24.8 Å². The first-order valence-corrected chi connectivity index (χ1v) is 8.72. The van der Waals surface area contributed by atoms with Crippen LogP contribution < -0.4 is 5.32 Å². The van der Waals surface area contributed by atoms with Gasteiger partial charge in [0.2, 0.25) is 0 Å². The van der Waals surface area contributed by atoms with Gasteiger partial charge in [-0.3, -0.25) is 0 Å². The molecule has 0 aromatic heterocycles. The molecule has 2 aliphatic carbocycles. The van der Waals surface area contributed by atoms with E-state index in [2.05, 4.69) is 24.1 Å². The third-order valence-corrected chi connectivity index (χ3v) is 6.01. The monoisotopic (exact) mass is 278 g/mol. The number of likely N-dealkylation sites (tertiary alicyclic amines) is 1. The first kappa shape index (κ1) is 14.2. The third kappa shape index (κ3) is 2.82. The van der Waals surface area contributed by atoms with Gasteiger partial charge >= 0.3 is 6.03 Å². The molecule has 3 rings (SSSR count). The van der Waals surface area contributed by atoms with E-state index in [1.54, 1.807) is 0 Å². The zero-order valence-electron chi connectivity index (χ0n) is 13.1. The molecule has 0 aromatic rings. The van der Waals surface area contributed by atoms with Gasteiger partial charge in [0.05, 0.1) is 0 Å². The molecule has 114 valence electrons. The Morgan fingerprint density at radius 2 is 1.85 bits per heavy atom. The maximum atomic E-state index is 12.6.